The molecule has 2 rings (SSSR count). The normalized spacial score (nSPS) is 23.3. The summed E-state index contributed by atoms with van der Waals surface area (Å²) < 4.78 is 1.50. The Bertz CT molecular complexity index is 451. The Hall–Kier alpha value is -1.63. The summed E-state index contributed by atoms with van der Waals surface area (Å²) in [5.41, 5.74) is 0.0840. The van der Waals surface area contributed by atoms with Crippen molar-refractivity contribution in [2.75, 3.05) is 19.0 Å². The van der Waals surface area contributed by atoms with Gasteiger partial charge in [-0.2, -0.15) is 0 Å². The molecule has 1 heterocycles. The van der Waals surface area contributed by atoms with E-state index in [-0.39, 0.29) is 10.6 Å². The zero-order chi connectivity index (χ0) is 14.0. The molecule has 1 aromatic heterocycles. The molecular formula is C12H21N5O2. The maximum atomic E-state index is 11.0. The Kier molecular flexibility index (Phi) is 4.04. The lowest BCUT2D eigenvalue weighted by Crippen LogP contribution is -2.40. The standard InChI is InChI=1S/C12H21N5O2/c1-13-9-4-6-10(7-5-9)16(3)12-11(17(18)19)8-15(2)14-12/h8-10,13H,4-7H2,1-3H3. The molecule has 1 aromatic rings. The Morgan fingerprint density at radius 2 is 2.11 bits per heavy atom. The molecule has 0 aliphatic heterocycles. The molecule has 106 valence electrons. The largest absolute Gasteiger partial charge is 0.349 e. The quantitative estimate of drug-likeness (QED) is 0.657. The van der Waals surface area contributed by atoms with Gasteiger partial charge in [-0.1, -0.05) is 0 Å². The highest BCUT2D eigenvalue weighted by Crippen LogP contribution is 2.31. The van der Waals surface area contributed by atoms with Crippen molar-refractivity contribution < 1.29 is 4.92 Å². The number of rotatable bonds is 4. The first-order chi connectivity index (χ1) is 9.02. The molecule has 7 heteroatoms. The second kappa shape index (κ2) is 5.56. The third-order valence-corrected chi connectivity index (χ3v) is 3.97. The summed E-state index contributed by atoms with van der Waals surface area (Å²) in [5, 5.41) is 18.6. The molecule has 0 amide bonds. The van der Waals surface area contributed by atoms with Crippen molar-refractivity contribution in [1.29, 1.82) is 0 Å². The molecule has 7 nitrogen and oxygen atoms in total. The van der Waals surface area contributed by atoms with Gasteiger partial charge in [-0.25, -0.2) is 0 Å². The number of anilines is 1. The number of nitrogens with zero attached hydrogens (tertiary/aromatic N) is 4. The zero-order valence-corrected chi connectivity index (χ0v) is 11.7. The number of nitrogens with one attached hydrogen (secondary N) is 1. The van der Waals surface area contributed by atoms with E-state index < -0.39 is 0 Å². The van der Waals surface area contributed by atoms with Crippen LogP contribution in [0.5, 0.6) is 0 Å². The first-order valence-corrected chi connectivity index (χ1v) is 6.61. The van der Waals surface area contributed by atoms with Gasteiger partial charge in [-0.3, -0.25) is 14.8 Å². The van der Waals surface area contributed by atoms with Gasteiger partial charge < -0.3 is 10.2 Å². The van der Waals surface area contributed by atoms with E-state index in [9.17, 15) is 10.1 Å². The topological polar surface area (TPSA) is 76.2 Å². The predicted octanol–water partition coefficient (Wildman–Crippen LogP) is 1.30. The fourth-order valence-electron chi connectivity index (χ4n) is 2.77. The van der Waals surface area contributed by atoms with E-state index in [4.69, 9.17) is 0 Å². The highest BCUT2D eigenvalue weighted by Gasteiger charge is 2.29. The third-order valence-electron chi connectivity index (χ3n) is 3.97. The minimum absolute atomic E-state index is 0.0840. The summed E-state index contributed by atoms with van der Waals surface area (Å²) in [7, 11) is 5.60. The Morgan fingerprint density at radius 3 is 2.63 bits per heavy atom. The van der Waals surface area contributed by atoms with E-state index in [0.29, 0.717) is 17.9 Å². The molecule has 0 aromatic carbocycles. The van der Waals surface area contributed by atoms with Crippen LogP contribution in [-0.4, -0.2) is 40.9 Å². The van der Waals surface area contributed by atoms with Gasteiger partial charge in [0, 0.05) is 26.2 Å². The first-order valence-electron chi connectivity index (χ1n) is 6.61. The van der Waals surface area contributed by atoms with Crippen LogP contribution in [0.1, 0.15) is 25.7 Å². The summed E-state index contributed by atoms with van der Waals surface area (Å²) in [4.78, 5) is 12.6. The summed E-state index contributed by atoms with van der Waals surface area (Å²) in [6, 6.07) is 0.904. The highest BCUT2D eigenvalue weighted by molar-refractivity contribution is 5.56. The number of aryl methyl sites for hydroxylation is 1. The van der Waals surface area contributed by atoms with Gasteiger partial charge in [0.25, 0.3) is 0 Å². The molecule has 1 saturated carbocycles. The van der Waals surface area contributed by atoms with Gasteiger partial charge in [-0.05, 0) is 32.7 Å². The number of aromatic nitrogens is 2. The van der Waals surface area contributed by atoms with Crippen molar-refractivity contribution in [3.8, 4) is 0 Å². The van der Waals surface area contributed by atoms with Gasteiger partial charge in [0.15, 0.2) is 0 Å². The van der Waals surface area contributed by atoms with Crippen molar-refractivity contribution in [1.82, 2.24) is 15.1 Å². The van der Waals surface area contributed by atoms with Crippen LogP contribution in [0.3, 0.4) is 0 Å². The minimum atomic E-state index is -0.363. The van der Waals surface area contributed by atoms with Gasteiger partial charge >= 0.3 is 5.69 Å². The zero-order valence-electron chi connectivity index (χ0n) is 11.7. The average molecular weight is 267 g/mol. The molecule has 0 bridgehead atoms. The van der Waals surface area contributed by atoms with Gasteiger partial charge in [0.1, 0.15) is 6.20 Å². The minimum Gasteiger partial charge on any atom is -0.349 e. The van der Waals surface area contributed by atoms with Crippen LogP contribution < -0.4 is 10.2 Å². The highest BCUT2D eigenvalue weighted by atomic mass is 16.6. The lowest BCUT2D eigenvalue weighted by atomic mass is 9.90. The lowest BCUT2D eigenvalue weighted by Gasteiger charge is -2.34. The molecule has 0 spiro atoms. The Morgan fingerprint density at radius 1 is 1.47 bits per heavy atom. The molecule has 0 saturated heterocycles. The molecule has 0 atom stereocenters. The SMILES string of the molecule is CNC1CCC(N(C)c2nn(C)cc2[N+](=O)[O-])CC1. The molecule has 1 fully saturated rings. The van der Waals surface area contributed by atoms with E-state index >= 15 is 0 Å². The van der Waals surface area contributed by atoms with Crippen LogP contribution in [0.2, 0.25) is 0 Å². The van der Waals surface area contributed by atoms with Gasteiger partial charge in [0.05, 0.1) is 4.92 Å². The second-order valence-corrected chi connectivity index (χ2v) is 5.17. The predicted molar refractivity (Wildman–Crippen MR) is 73.4 cm³/mol. The molecular weight excluding hydrogens is 246 g/mol. The van der Waals surface area contributed by atoms with Crippen LogP contribution in [0.4, 0.5) is 11.5 Å². The van der Waals surface area contributed by atoms with Crippen molar-refractivity contribution in [2.45, 2.75) is 37.8 Å². The van der Waals surface area contributed by atoms with Crippen LogP contribution in [-0.2, 0) is 7.05 Å². The van der Waals surface area contributed by atoms with E-state index in [1.165, 1.54) is 10.9 Å². The van der Waals surface area contributed by atoms with E-state index in [1.54, 1.807) is 7.05 Å². The van der Waals surface area contributed by atoms with Crippen LogP contribution in [0.15, 0.2) is 6.20 Å². The average Bonchev–Trinajstić information content (AvgIpc) is 2.80. The van der Waals surface area contributed by atoms with E-state index in [1.807, 2.05) is 19.0 Å². The first kappa shape index (κ1) is 13.8. The fourth-order valence-corrected chi connectivity index (χ4v) is 2.77. The van der Waals surface area contributed by atoms with Crippen molar-refractivity contribution >= 4 is 11.5 Å². The second-order valence-electron chi connectivity index (χ2n) is 5.17. The third kappa shape index (κ3) is 2.86. The summed E-state index contributed by atoms with van der Waals surface area (Å²) in [6.07, 6.45) is 5.74. The summed E-state index contributed by atoms with van der Waals surface area (Å²) in [6.45, 7) is 0. The van der Waals surface area contributed by atoms with Crippen LogP contribution in [0.25, 0.3) is 0 Å². The van der Waals surface area contributed by atoms with E-state index in [2.05, 4.69) is 10.4 Å². The molecule has 0 unspecified atom stereocenters. The number of hydrogen-bond donors (Lipinski definition) is 1. The summed E-state index contributed by atoms with van der Waals surface area (Å²) >= 11 is 0. The van der Waals surface area contributed by atoms with E-state index in [0.717, 1.165) is 25.7 Å². The van der Waals surface area contributed by atoms with Gasteiger partial charge in [0.2, 0.25) is 5.82 Å². The number of nitro groups is 1. The molecule has 19 heavy (non-hydrogen) atoms. The van der Waals surface area contributed by atoms with Crippen molar-refractivity contribution in [2.24, 2.45) is 7.05 Å². The number of hydrogen-bond acceptors (Lipinski definition) is 5. The van der Waals surface area contributed by atoms with Crippen molar-refractivity contribution in [3.05, 3.63) is 16.3 Å². The Labute approximate surface area is 112 Å². The summed E-state index contributed by atoms with van der Waals surface area (Å²) in [5.74, 6) is 0.473. The molecule has 1 aliphatic carbocycles. The fraction of sp³-hybridized carbons (Fsp3) is 0.750. The maximum absolute atomic E-state index is 11.0. The lowest BCUT2D eigenvalue weighted by molar-refractivity contribution is -0.384. The van der Waals surface area contributed by atoms with Crippen LogP contribution in [0, 0.1) is 10.1 Å². The molecule has 1 N–H and O–H groups in total. The molecule has 0 radical (unpaired) electrons. The monoisotopic (exact) mass is 267 g/mol. The Balaban J connectivity index is 2.12. The molecule has 1 aliphatic rings. The smallest absolute Gasteiger partial charge is 0.330 e. The maximum Gasteiger partial charge on any atom is 0.330 e. The van der Waals surface area contributed by atoms with Gasteiger partial charge in [-0.15, -0.1) is 5.10 Å². The van der Waals surface area contributed by atoms with Crippen LogP contribution >= 0.6 is 0 Å². The van der Waals surface area contributed by atoms with Crippen molar-refractivity contribution in [3.63, 3.8) is 0 Å².